The third kappa shape index (κ3) is 12.0. The Hall–Kier alpha value is 0.420. The first-order valence-corrected chi connectivity index (χ1v) is 12.7. The fourth-order valence-corrected chi connectivity index (χ4v) is 4.97. The molecule has 158 valence electrons. The highest BCUT2D eigenvalue weighted by atomic mass is 32.2. The second-order valence-electron chi connectivity index (χ2n) is 6.82. The first-order valence-electron chi connectivity index (χ1n) is 10.3. The van der Waals surface area contributed by atoms with Gasteiger partial charge in [-0.1, -0.05) is 64.7 Å². The number of rotatable bonds is 19. The molecule has 0 bridgehead atoms. The van der Waals surface area contributed by atoms with E-state index in [-0.39, 0.29) is 19.8 Å². The van der Waals surface area contributed by atoms with E-state index in [2.05, 4.69) is 6.92 Å². The van der Waals surface area contributed by atoms with Gasteiger partial charge in [-0.3, -0.25) is 4.57 Å². The van der Waals surface area contributed by atoms with Crippen molar-refractivity contribution in [2.24, 2.45) is 0 Å². The lowest BCUT2D eigenvalue weighted by Gasteiger charge is -2.30. The maximum atomic E-state index is 12.6. The van der Waals surface area contributed by atoms with Gasteiger partial charge in [0, 0.05) is 5.75 Å². The highest BCUT2D eigenvalue weighted by Gasteiger charge is 2.46. The monoisotopic (exact) mass is 412 g/mol. The Kier molecular flexibility index (Phi) is 16.6. The summed E-state index contributed by atoms with van der Waals surface area (Å²) in [5.74, 6) is 0.875. The molecule has 0 saturated carbocycles. The van der Waals surface area contributed by atoms with E-state index in [9.17, 15) is 9.67 Å². The highest BCUT2D eigenvalue weighted by molar-refractivity contribution is 7.94. The summed E-state index contributed by atoms with van der Waals surface area (Å²) in [6, 6.07) is 0. The molecule has 0 aromatic carbocycles. The summed E-state index contributed by atoms with van der Waals surface area (Å²) in [4.78, 5) is 0. The lowest BCUT2D eigenvalue weighted by atomic mass is 10.1. The van der Waals surface area contributed by atoms with Gasteiger partial charge in [0.25, 0.3) is 0 Å². The first kappa shape index (κ1) is 26.4. The molecule has 0 amide bonds. The van der Waals surface area contributed by atoms with Crippen molar-refractivity contribution in [3.05, 3.63) is 0 Å². The van der Waals surface area contributed by atoms with E-state index in [0.29, 0.717) is 0 Å². The van der Waals surface area contributed by atoms with Crippen LogP contribution in [0.4, 0.5) is 0 Å². The molecule has 1 unspecified atom stereocenters. The molecule has 0 aliphatic heterocycles. The van der Waals surface area contributed by atoms with E-state index in [0.717, 1.165) is 12.2 Å². The van der Waals surface area contributed by atoms with Crippen molar-refractivity contribution in [3.8, 4) is 0 Å². The summed E-state index contributed by atoms with van der Waals surface area (Å²) < 4.78 is 28.4. The van der Waals surface area contributed by atoms with E-state index in [1.165, 1.54) is 76.8 Å². The molecule has 26 heavy (non-hydrogen) atoms. The molecule has 0 aromatic rings. The zero-order valence-corrected chi connectivity index (χ0v) is 19.0. The molecular formula is C19H41O5PS. The van der Waals surface area contributed by atoms with Crippen LogP contribution >= 0.6 is 19.6 Å². The molecule has 0 heterocycles. The van der Waals surface area contributed by atoms with Crippen LogP contribution in [-0.2, 0) is 17.8 Å². The molecule has 0 aromatic heterocycles. The third-order valence-electron chi connectivity index (χ3n) is 4.19. The Bertz CT molecular complexity index is 356. The first-order chi connectivity index (χ1) is 12.4. The Balaban J connectivity index is 3.68. The summed E-state index contributed by atoms with van der Waals surface area (Å²) in [7, 11) is -3.59. The Labute approximate surface area is 165 Å². The molecule has 0 radical (unpaired) electrons. The lowest BCUT2D eigenvalue weighted by Crippen LogP contribution is -2.32. The molecular weight excluding hydrogens is 371 g/mol. The van der Waals surface area contributed by atoms with Gasteiger partial charge in [-0.05, 0) is 39.2 Å². The van der Waals surface area contributed by atoms with E-state index >= 15 is 0 Å². The quantitative estimate of drug-likeness (QED) is 0.147. The van der Waals surface area contributed by atoms with Crippen LogP contribution in [0.5, 0.6) is 0 Å². The lowest BCUT2D eigenvalue weighted by molar-refractivity contribution is 0.0478. The van der Waals surface area contributed by atoms with Gasteiger partial charge < -0.3 is 18.3 Å². The molecule has 1 atom stereocenters. The number of aliphatic hydroxyl groups is 1. The summed E-state index contributed by atoms with van der Waals surface area (Å²) in [6.45, 7) is 7.51. The second kappa shape index (κ2) is 16.4. The minimum atomic E-state index is -3.59. The van der Waals surface area contributed by atoms with Gasteiger partial charge in [0.15, 0.2) is 5.34 Å². The predicted octanol–water partition coefficient (Wildman–Crippen LogP) is 6.55. The zero-order valence-electron chi connectivity index (χ0n) is 17.3. The van der Waals surface area contributed by atoms with Crippen LogP contribution in [-0.4, -0.2) is 36.0 Å². The SMILES string of the molecule is CCCCCCCCCCCCSOCC(C)(O)P(=O)(OCC)OCC. The van der Waals surface area contributed by atoms with Gasteiger partial charge in [-0.15, -0.1) is 0 Å². The average molecular weight is 413 g/mol. The van der Waals surface area contributed by atoms with Crippen molar-refractivity contribution in [1.82, 2.24) is 0 Å². The van der Waals surface area contributed by atoms with Crippen LogP contribution in [0.2, 0.25) is 0 Å². The molecule has 0 aliphatic carbocycles. The topological polar surface area (TPSA) is 65.0 Å². The van der Waals surface area contributed by atoms with Crippen molar-refractivity contribution >= 4 is 19.6 Å². The van der Waals surface area contributed by atoms with E-state index < -0.39 is 12.9 Å². The smallest absolute Gasteiger partial charge is 0.364 e. The van der Waals surface area contributed by atoms with Crippen molar-refractivity contribution in [1.29, 1.82) is 0 Å². The van der Waals surface area contributed by atoms with Crippen LogP contribution in [0.1, 0.15) is 91.9 Å². The maximum Gasteiger partial charge on any atom is 0.364 e. The van der Waals surface area contributed by atoms with Crippen molar-refractivity contribution < 1.29 is 22.9 Å². The Morgan fingerprint density at radius 1 is 0.846 bits per heavy atom. The normalized spacial score (nSPS) is 14.5. The van der Waals surface area contributed by atoms with Crippen LogP contribution in [0.15, 0.2) is 0 Å². The van der Waals surface area contributed by atoms with E-state index in [1.807, 2.05) is 0 Å². The fraction of sp³-hybridized carbons (Fsp3) is 1.00. The molecule has 0 rings (SSSR count). The van der Waals surface area contributed by atoms with Crippen molar-refractivity contribution in [2.75, 3.05) is 25.6 Å². The standard InChI is InChI=1S/C19H41O5PS/c1-5-8-9-10-11-12-13-14-15-16-17-26-24-18-19(4,20)25(21,22-6-2)23-7-3/h20H,5-18H2,1-4H3. The predicted molar refractivity (Wildman–Crippen MR) is 112 cm³/mol. The van der Waals surface area contributed by atoms with Crippen LogP contribution < -0.4 is 0 Å². The Morgan fingerprint density at radius 2 is 1.31 bits per heavy atom. The largest absolute Gasteiger partial charge is 0.376 e. The van der Waals surface area contributed by atoms with Gasteiger partial charge in [0.2, 0.25) is 0 Å². The maximum absolute atomic E-state index is 12.6. The van der Waals surface area contributed by atoms with Gasteiger partial charge in [0.1, 0.15) is 6.61 Å². The molecule has 5 nitrogen and oxygen atoms in total. The molecule has 0 fully saturated rings. The van der Waals surface area contributed by atoms with Crippen LogP contribution in [0.3, 0.4) is 0 Å². The number of unbranched alkanes of at least 4 members (excludes halogenated alkanes) is 9. The minimum absolute atomic E-state index is 0.0767. The summed E-state index contributed by atoms with van der Waals surface area (Å²) in [6.07, 6.45) is 13.0. The Morgan fingerprint density at radius 3 is 1.77 bits per heavy atom. The summed E-state index contributed by atoms with van der Waals surface area (Å²) in [5, 5.41) is 8.79. The second-order valence-corrected chi connectivity index (χ2v) is 10.2. The summed E-state index contributed by atoms with van der Waals surface area (Å²) in [5.41, 5.74) is 0. The minimum Gasteiger partial charge on any atom is -0.376 e. The molecule has 7 heteroatoms. The van der Waals surface area contributed by atoms with Gasteiger partial charge in [-0.25, -0.2) is 0 Å². The molecule has 0 spiro atoms. The third-order valence-corrected chi connectivity index (χ3v) is 7.43. The van der Waals surface area contributed by atoms with Crippen LogP contribution in [0, 0.1) is 0 Å². The number of hydrogen-bond acceptors (Lipinski definition) is 6. The number of hydrogen-bond donors (Lipinski definition) is 1. The van der Waals surface area contributed by atoms with Gasteiger partial charge >= 0.3 is 7.60 Å². The fourth-order valence-electron chi connectivity index (χ4n) is 2.60. The summed E-state index contributed by atoms with van der Waals surface area (Å²) >= 11 is 1.32. The van der Waals surface area contributed by atoms with E-state index in [4.69, 9.17) is 13.2 Å². The molecule has 0 saturated heterocycles. The van der Waals surface area contributed by atoms with Gasteiger partial charge in [-0.2, -0.15) is 0 Å². The molecule has 0 aliphatic rings. The highest BCUT2D eigenvalue weighted by Crippen LogP contribution is 2.58. The van der Waals surface area contributed by atoms with Crippen molar-refractivity contribution in [2.45, 2.75) is 97.2 Å². The van der Waals surface area contributed by atoms with E-state index in [1.54, 1.807) is 13.8 Å². The van der Waals surface area contributed by atoms with Crippen LogP contribution in [0.25, 0.3) is 0 Å². The zero-order chi connectivity index (χ0) is 19.7. The molecule has 1 N–H and O–H groups in total. The average Bonchev–Trinajstić information content (AvgIpc) is 2.59. The van der Waals surface area contributed by atoms with Gasteiger partial charge in [0.05, 0.1) is 13.2 Å². The van der Waals surface area contributed by atoms with Crippen molar-refractivity contribution in [3.63, 3.8) is 0 Å².